The summed E-state index contributed by atoms with van der Waals surface area (Å²) in [4.78, 5) is 40.4. The molecular formula is C21H19FN4O4S. The SMILES string of the molecule is CCOc1ccc(C(=O)NNC(=O)Cc2csc(NC(=O)c3ccccc3F)n2)cc1. The average molecular weight is 442 g/mol. The fourth-order valence-electron chi connectivity index (χ4n) is 2.53. The molecule has 0 bridgehead atoms. The summed E-state index contributed by atoms with van der Waals surface area (Å²) in [6.45, 7) is 2.38. The van der Waals surface area contributed by atoms with Gasteiger partial charge >= 0.3 is 0 Å². The largest absolute Gasteiger partial charge is 0.494 e. The smallest absolute Gasteiger partial charge is 0.269 e. The predicted molar refractivity (Wildman–Crippen MR) is 113 cm³/mol. The van der Waals surface area contributed by atoms with Crippen molar-refractivity contribution in [1.29, 1.82) is 0 Å². The third-order valence-electron chi connectivity index (χ3n) is 3.98. The summed E-state index contributed by atoms with van der Waals surface area (Å²) in [5.74, 6) is -1.60. The Labute approximate surface area is 181 Å². The zero-order chi connectivity index (χ0) is 22.2. The second-order valence-corrected chi connectivity index (χ2v) is 7.07. The molecule has 0 radical (unpaired) electrons. The normalized spacial score (nSPS) is 10.3. The van der Waals surface area contributed by atoms with Gasteiger partial charge in [-0.15, -0.1) is 11.3 Å². The minimum atomic E-state index is -0.639. The van der Waals surface area contributed by atoms with Crippen LogP contribution in [0, 0.1) is 5.82 Å². The van der Waals surface area contributed by atoms with E-state index < -0.39 is 23.5 Å². The van der Waals surface area contributed by atoms with Crippen LogP contribution in [-0.4, -0.2) is 29.3 Å². The van der Waals surface area contributed by atoms with E-state index >= 15 is 0 Å². The fraction of sp³-hybridized carbons (Fsp3) is 0.143. The molecule has 0 saturated heterocycles. The second-order valence-electron chi connectivity index (χ2n) is 6.21. The Kier molecular flexibility index (Phi) is 7.28. The van der Waals surface area contributed by atoms with Crippen molar-refractivity contribution in [2.75, 3.05) is 11.9 Å². The zero-order valence-corrected chi connectivity index (χ0v) is 17.3. The molecule has 1 heterocycles. The van der Waals surface area contributed by atoms with E-state index in [2.05, 4.69) is 21.2 Å². The molecule has 3 amide bonds. The van der Waals surface area contributed by atoms with Crippen molar-refractivity contribution < 1.29 is 23.5 Å². The van der Waals surface area contributed by atoms with Gasteiger partial charge in [0.1, 0.15) is 11.6 Å². The summed E-state index contributed by atoms with van der Waals surface area (Å²) < 4.78 is 19.0. The first-order chi connectivity index (χ1) is 15.0. The number of carbonyl (C=O) groups excluding carboxylic acids is 3. The molecule has 0 atom stereocenters. The number of aromatic nitrogens is 1. The van der Waals surface area contributed by atoms with Crippen LogP contribution in [0.3, 0.4) is 0 Å². The molecule has 0 aliphatic heterocycles. The molecule has 8 nitrogen and oxygen atoms in total. The molecular weight excluding hydrogens is 423 g/mol. The van der Waals surface area contributed by atoms with Crippen molar-refractivity contribution in [1.82, 2.24) is 15.8 Å². The summed E-state index contributed by atoms with van der Waals surface area (Å²) in [6, 6.07) is 12.1. The van der Waals surface area contributed by atoms with Crippen molar-refractivity contribution in [3.8, 4) is 5.75 Å². The number of hydrogen-bond donors (Lipinski definition) is 3. The van der Waals surface area contributed by atoms with Gasteiger partial charge in [-0.05, 0) is 43.3 Å². The Balaban J connectivity index is 1.49. The highest BCUT2D eigenvalue weighted by Gasteiger charge is 2.14. The third-order valence-corrected chi connectivity index (χ3v) is 4.78. The van der Waals surface area contributed by atoms with Crippen LogP contribution in [0.25, 0.3) is 0 Å². The molecule has 160 valence electrons. The van der Waals surface area contributed by atoms with Gasteiger partial charge in [0.05, 0.1) is 24.3 Å². The van der Waals surface area contributed by atoms with Crippen LogP contribution in [0.4, 0.5) is 9.52 Å². The predicted octanol–water partition coefficient (Wildman–Crippen LogP) is 2.94. The number of carbonyl (C=O) groups is 3. The van der Waals surface area contributed by atoms with Crippen molar-refractivity contribution in [3.05, 3.63) is 76.5 Å². The fourth-order valence-corrected chi connectivity index (χ4v) is 3.24. The number of benzene rings is 2. The molecule has 0 fully saturated rings. The monoisotopic (exact) mass is 442 g/mol. The third kappa shape index (κ3) is 6.09. The van der Waals surface area contributed by atoms with E-state index in [1.165, 1.54) is 18.2 Å². The van der Waals surface area contributed by atoms with E-state index in [-0.39, 0.29) is 17.1 Å². The summed E-state index contributed by atoms with van der Waals surface area (Å²) >= 11 is 1.10. The van der Waals surface area contributed by atoms with Crippen LogP contribution in [-0.2, 0) is 11.2 Å². The highest BCUT2D eigenvalue weighted by Crippen LogP contribution is 2.18. The number of hydrogen-bond acceptors (Lipinski definition) is 6. The van der Waals surface area contributed by atoms with Gasteiger partial charge in [-0.25, -0.2) is 9.37 Å². The van der Waals surface area contributed by atoms with Crippen LogP contribution in [0.1, 0.15) is 33.3 Å². The van der Waals surface area contributed by atoms with Crippen molar-refractivity contribution in [2.24, 2.45) is 0 Å². The Morgan fingerprint density at radius 2 is 1.77 bits per heavy atom. The summed E-state index contributed by atoms with van der Waals surface area (Å²) in [5, 5.41) is 4.31. The Morgan fingerprint density at radius 3 is 2.48 bits per heavy atom. The molecule has 0 aliphatic rings. The number of nitrogens with one attached hydrogen (secondary N) is 3. The highest BCUT2D eigenvalue weighted by atomic mass is 32.1. The molecule has 3 N–H and O–H groups in total. The quantitative estimate of drug-likeness (QED) is 0.488. The minimum absolute atomic E-state index is 0.103. The molecule has 10 heteroatoms. The van der Waals surface area contributed by atoms with Crippen molar-refractivity contribution >= 4 is 34.2 Å². The van der Waals surface area contributed by atoms with E-state index in [0.717, 1.165) is 11.3 Å². The number of hydrazine groups is 1. The molecule has 3 aromatic rings. The average Bonchev–Trinajstić information content (AvgIpc) is 3.19. The maximum atomic E-state index is 13.7. The van der Waals surface area contributed by atoms with Crippen LogP contribution in [0.5, 0.6) is 5.75 Å². The van der Waals surface area contributed by atoms with E-state index in [1.54, 1.807) is 35.7 Å². The Morgan fingerprint density at radius 1 is 1.03 bits per heavy atom. The second kappa shape index (κ2) is 10.3. The van der Waals surface area contributed by atoms with E-state index in [9.17, 15) is 18.8 Å². The van der Waals surface area contributed by atoms with Crippen LogP contribution in [0.15, 0.2) is 53.9 Å². The highest BCUT2D eigenvalue weighted by molar-refractivity contribution is 7.14. The molecule has 0 spiro atoms. The number of amides is 3. The molecule has 0 unspecified atom stereocenters. The number of nitrogens with zero attached hydrogens (tertiary/aromatic N) is 1. The van der Waals surface area contributed by atoms with E-state index in [1.807, 2.05) is 6.92 Å². The van der Waals surface area contributed by atoms with E-state index in [0.29, 0.717) is 23.6 Å². The molecule has 3 rings (SSSR count). The maximum Gasteiger partial charge on any atom is 0.269 e. The lowest BCUT2D eigenvalue weighted by molar-refractivity contribution is -0.121. The van der Waals surface area contributed by atoms with Crippen LogP contribution >= 0.6 is 11.3 Å². The summed E-state index contributed by atoms with van der Waals surface area (Å²) in [6.07, 6.45) is -0.115. The maximum absolute atomic E-state index is 13.7. The zero-order valence-electron chi connectivity index (χ0n) is 16.5. The standard InChI is InChI=1S/C21H19FN4O4S/c1-2-30-15-9-7-13(8-10-15)19(28)26-25-18(27)11-14-12-31-21(23-14)24-20(29)16-5-3-4-6-17(16)22/h3-10,12H,2,11H2,1H3,(H,25,27)(H,26,28)(H,23,24,29). The first-order valence-electron chi connectivity index (χ1n) is 9.28. The number of thiazole rings is 1. The summed E-state index contributed by atoms with van der Waals surface area (Å²) in [5.41, 5.74) is 5.28. The molecule has 0 saturated carbocycles. The number of halogens is 1. The lowest BCUT2D eigenvalue weighted by atomic mass is 10.2. The van der Waals surface area contributed by atoms with Gasteiger partial charge in [0, 0.05) is 10.9 Å². The van der Waals surface area contributed by atoms with E-state index in [4.69, 9.17) is 4.74 Å². The molecule has 31 heavy (non-hydrogen) atoms. The van der Waals surface area contributed by atoms with Crippen LogP contribution < -0.4 is 20.9 Å². The number of ether oxygens (including phenoxy) is 1. The van der Waals surface area contributed by atoms with Crippen molar-refractivity contribution in [3.63, 3.8) is 0 Å². The van der Waals surface area contributed by atoms with Gasteiger partial charge in [0.15, 0.2) is 5.13 Å². The topological polar surface area (TPSA) is 109 Å². The van der Waals surface area contributed by atoms with Gasteiger partial charge in [0.2, 0.25) is 5.91 Å². The Bertz CT molecular complexity index is 1080. The van der Waals surface area contributed by atoms with Gasteiger partial charge in [-0.2, -0.15) is 0 Å². The number of rotatable bonds is 7. The first kappa shape index (κ1) is 21.9. The van der Waals surface area contributed by atoms with Gasteiger partial charge in [-0.3, -0.25) is 30.6 Å². The Hall–Kier alpha value is -3.79. The van der Waals surface area contributed by atoms with Gasteiger partial charge in [-0.1, -0.05) is 12.1 Å². The minimum Gasteiger partial charge on any atom is -0.494 e. The first-order valence-corrected chi connectivity index (χ1v) is 10.2. The molecule has 0 aliphatic carbocycles. The van der Waals surface area contributed by atoms with Crippen LogP contribution in [0.2, 0.25) is 0 Å². The van der Waals surface area contributed by atoms with Gasteiger partial charge < -0.3 is 4.74 Å². The number of anilines is 1. The lowest BCUT2D eigenvalue weighted by Gasteiger charge is -2.08. The molecule has 1 aromatic heterocycles. The van der Waals surface area contributed by atoms with Gasteiger partial charge in [0.25, 0.3) is 11.8 Å². The lowest BCUT2D eigenvalue weighted by Crippen LogP contribution is -2.42. The van der Waals surface area contributed by atoms with Crippen molar-refractivity contribution in [2.45, 2.75) is 13.3 Å². The molecule has 2 aromatic carbocycles. The summed E-state index contributed by atoms with van der Waals surface area (Å²) in [7, 11) is 0.